The zero-order valence-electron chi connectivity index (χ0n) is 11.3. The van der Waals surface area contributed by atoms with Crippen LogP contribution in [-0.4, -0.2) is 28.8 Å². The van der Waals surface area contributed by atoms with E-state index in [9.17, 15) is 14.4 Å². The lowest BCUT2D eigenvalue weighted by molar-refractivity contribution is -0.139. The van der Waals surface area contributed by atoms with Gasteiger partial charge in [0.05, 0.1) is 0 Å². The van der Waals surface area contributed by atoms with E-state index >= 15 is 0 Å². The van der Waals surface area contributed by atoms with Gasteiger partial charge < -0.3 is 0 Å². The van der Waals surface area contributed by atoms with Gasteiger partial charge in [0, 0.05) is 5.02 Å². The molecule has 1 saturated heterocycles. The van der Waals surface area contributed by atoms with Gasteiger partial charge in [-0.1, -0.05) is 42.6 Å². The number of carbonyl (C=O) groups excluding carboxylic acids is 3. The van der Waals surface area contributed by atoms with Crippen molar-refractivity contribution in [1.29, 1.82) is 0 Å². The molecule has 6 heteroatoms. The topological polar surface area (TPSA) is 66.5 Å². The molecule has 0 saturated carbocycles. The molecule has 108 valence electrons. The molecular formula is C15H13ClN2O3. The van der Waals surface area contributed by atoms with Gasteiger partial charge in [0.15, 0.2) is 0 Å². The van der Waals surface area contributed by atoms with Crippen LogP contribution < -0.4 is 5.32 Å². The van der Waals surface area contributed by atoms with E-state index in [0.29, 0.717) is 12.0 Å². The second kappa shape index (κ2) is 5.98. The zero-order chi connectivity index (χ0) is 15.6. The molecule has 0 aromatic heterocycles. The van der Waals surface area contributed by atoms with Gasteiger partial charge in [-0.05, 0) is 18.1 Å². The van der Waals surface area contributed by atoms with E-state index in [1.54, 1.807) is 31.2 Å². The van der Waals surface area contributed by atoms with Crippen molar-refractivity contribution >= 4 is 29.4 Å². The molecule has 0 radical (unpaired) electrons. The largest absolute Gasteiger partial charge is 0.331 e. The van der Waals surface area contributed by atoms with Crippen molar-refractivity contribution in [3.8, 4) is 12.3 Å². The van der Waals surface area contributed by atoms with Crippen LogP contribution in [0.25, 0.3) is 0 Å². The quantitative estimate of drug-likeness (QED) is 0.685. The first kappa shape index (κ1) is 15.1. The summed E-state index contributed by atoms with van der Waals surface area (Å²) in [5.41, 5.74) is 0.353. The summed E-state index contributed by atoms with van der Waals surface area (Å²) in [5.74, 6) is -0.129. The van der Waals surface area contributed by atoms with Crippen LogP contribution in [0.1, 0.15) is 24.8 Å². The molecule has 1 aliphatic heterocycles. The molecule has 4 amide bonds. The average Bonchev–Trinajstić information content (AvgIpc) is 2.45. The molecule has 2 unspecified atom stereocenters. The number of urea groups is 1. The summed E-state index contributed by atoms with van der Waals surface area (Å²) < 4.78 is 0. The van der Waals surface area contributed by atoms with E-state index in [-0.39, 0.29) is 5.02 Å². The predicted molar refractivity (Wildman–Crippen MR) is 77.5 cm³/mol. The number of carbonyl (C=O) groups is 3. The van der Waals surface area contributed by atoms with Crippen LogP contribution >= 0.6 is 11.6 Å². The van der Waals surface area contributed by atoms with Gasteiger partial charge in [-0.15, -0.1) is 6.42 Å². The maximum absolute atomic E-state index is 12.5. The minimum atomic E-state index is -1.17. The predicted octanol–water partition coefficient (Wildman–Crippen LogP) is 1.91. The number of nitrogens with zero attached hydrogens (tertiary/aromatic N) is 1. The summed E-state index contributed by atoms with van der Waals surface area (Å²) in [6.45, 7) is 1.76. The first-order chi connectivity index (χ1) is 10.0. The van der Waals surface area contributed by atoms with Crippen molar-refractivity contribution in [2.75, 3.05) is 0 Å². The fourth-order valence-electron chi connectivity index (χ4n) is 2.24. The Bertz CT molecular complexity index is 651. The molecule has 0 bridgehead atoms. The molecule has 1 fully saturated rings. The Morgan fingerprint density at radius 3 is 2.62 bits per heavy atom. The molecule has 1 aromatic carbocycles. The summed E-state index contributed by atoms with van der Waals surface area (Å²) in [5, 5.41) is 2.44. The number of amides is 4. The van der Waals surface area contributed by atoms with Gasteiger partial charge in [-0.25, -0.2) is 9.69 Å². The fraction of sp³-hybridized carbons (Fsp3) is 0.267. The molecule has 0 spiro atoms. The number of hydrogen-bond acceptors (Lipinski definition) is 3. The van der Waals surface area contributed by atoms with E-state index < -0.39 is 29.8 Å². The van der Waals surface area contributed by atoms with E-state index in [4.69, 9.17) is 18.0 Å². The van der Waals surface area contributed by atoms with Gasteiger partial charge in [0.1, 0.15) is 12.0 Å². The summed E-state index contributed by atoms with van der Waals surface area (Å²) >= 11 is 6.04. The number of terminal acetylenes is 1. The van der Waals surface area contributed by atoms with Crippen LogP contribution in [-0.2, 0) is 9.59 Å². The van der Waals surface area contributed by atoms with E-state index in [2.05, 4.69) is 11.2 Å². The third-order valence-electron chi connectivity index (χ3n) is 3.30. The van der Waals surface area contributed by atoms with Gasteiger partial charge >= 0.3 is 6.03 Å². The Morgan fingerprint density at radius 2 is 2.05 bits per heavy atom. The number of halogens is 1. The SMILES string of the molecule is C#CC(CC)N1C(=O)NC(=O)C(c2ccccc2Cl)C1=O. The molecule has 1 N–H and O–H groups in total. The number of rotatable bonds is 3. The van der Waals surface area contributed by atoms with E-state index in [0.717, 1.165) is 4.90 Å². The molecule has 21 heavy (non-hydrogen) atoms. The van der Waals surface area contributed by atoms with Crippen LogP contribution in [0.2, 0.25) is 5.02 Å². The molecule has 0 aliphatic carbocycles. The van der Waals surface area contributed by atoms with Crippen molar-refractivity contribution in [2.45, 2.75) is 25.3 Å². The average molecular weight is 305 g/mol. The van der Waals surface area contributed by atoms with Crippen molar-refractivity contribution in [3.63, 3.8) is 0 Å². The molecule has 5 nitrogen and oxygen atoms in total. The monoisotopic (exact) mass is 304 g/mol. The summed E-state index contributed by atoms with van der Waals surface area (Å²) in [6, 6.07) is 5.03. The van der Waals surface area contributed by atoms with Crippen LogP contribution in [0.3, 0.4) is 0 Å². The molecule has 2 atom stereocenters. The number of benzene rings is 1. The first-order valence-electron chi connectivity index (χ1n) is 6.39. The number of imide groups is 2. The normalized spacial score (nSPS) is 20.0. The van der Waals surface area contributed by atoms with E-state index in [1.807, 2.05) is 0 Å². The van der Waals surface area contributed by atoms with Crippen LogP contribution in [0.5, 0.6) is 0 Å². The second-order valence-electron chi connectivity index (χ2n) is 4.55. The lowest BCUT2D eigenvalue weighted by atomic mass is 9.94. The van der Waals surface area contributed by atoms with Gasteiger partial charge in [-0.2, -0.15) is 0 Å². The molecule has 1 heterocycles. The van der Waals surface area contributed by atoms with E-state index in [1.165, 1.54) is 0 Å². The number of barbiturate groups is 1. The van der Waals surface area contributed by atoms with Crippen molar-refractivity contribution in [3.05, 3.63) is 34.9 Å². The second-order valence-corrected chi connectivity index (χ2v) is 4.96. The van der Waals surface area contributed by atoms with Crippen LogP contribution in [0.15, 0.2) is 24.3 Å². The first-order valence-corrected chi connectivity index (χ1v) is 6.77. The maximum atomic E-state index is 12.5. The Kier molecular flexibility index (Phi) is 4.29. The smallest absolute Gasteiger partial charge is 0.277 e. The van der Waals surface area contributed by atoms with Gasteiger partial charge in [0.25, 0.3) is 0 Å². The van der Waals surface area contributed by atoms with Gasteiger partial charge in [-0.3, -0.25) is 14.9 Å². The lowest BCUT2D eigenvalue weighted by Crippen LogP contribution is -2.59. The Hall–Kier alpha value is -2.32. The number of nitrogens with one attached hydrogen (secondary N) is 1. The minimum absolute atomic E-state index is 0.286. The summed E-state index contributed by atoms with van der Waals surface area (Å²) in [4.78, 5) is 37.4. The third kappa shape index (κ3) is 2.63. The molecule has 1 aromatic rings. The highest BCUT2D eigenvalue weighted by Crippen LogP contribution is 2.29. The highest BCUT2D eigenvalue weighted by molar-refractivity contribution is 6.32. The Labute approximate surface area is 127 Å². The molecular weight excluding hydrogens is 292 g/mol. The Balaban J connectivity index is 2.46. The minimum Gasteiger partial charge on any atom is -0.277 e. The van der Waals surface area contributed by atoms with Crippen LogP contribution in [0, 0.1) is 12.3 Å². The zero-order valence-corrected chi connectivity index (χ0v) is 12.1. The summed E-state index contributed by atoms with van der Waals surface area (Å²) in [7, 11) is 0. The molecule has 2 rings (SSSR count). The van der Waals surface area contributed by atoms with Crippen LogP contribution in [0.4, 0.5) is 4.79 Å². The van der Waals surface area contributed by atoms with Crippen molar-refractivity contribution in [2.24, 2.45) is 0 Å². The van der Waals surface area contributed by atoms with Crippen molar-refractivity contribution < 1.29 is 14.4 Å². The molecule has 1 aliphatic rings. The lowest BCUT2D eigenvalue weighted by Gasteiger charge is -2.33. The fourth-order valence-corrected chi connectivity index (χ4v) is 2.49. The summed E-state index contributed by atoms with van der Waals surface area (Å²) in [6.07, 6.45) is 5.75. The standard InChI is InChI=1S/C15H13ClN2O3/c1-3-9(4-2)18-14(20)12(13(19)17-15(18)21)10-7-5-6-8-11(10)16/h1,5-9,12H,4H2,2H3,(H,17,19,21). The Morgan fingerprint density at radius 1 is 1.38 bits per heavy atom. The van der Waals surface area contributed by atoms with Gasteiger partial charge in [0.2, 0.25) is 11.8 Å². The maximum Gasteiger partial charge on any atom is 0.331 e. The van der Waals surface area contributed by atoms with Crippen molar-refractivity contribution in [1.82, 2.24) is 10.2 Å². The highest BCUT2D eigenvalue weighted by Gasteiger charge is 2.44. The highest BCUT2D eigenvalue weighted by atomic mass is 35.5. The number of hydrogen-bond donors (Lipinski definition) is 1. The third-order valence-corrected chi connectivity index (χ3v) is 3.65.